The Balaban J connectivity index is 1.81. The average Bonchev–Trinajstić information content (AvgIpc) is 2.37. The molecule has 2 fully saturated rings. The molecule has 0 amide bonds. The van der Waals surface area contributed by atoms with Crippen molar-refractivity contribution in [1.82, 2.24) is 5.32 Å². The van der Waals surface area contributed by atoms with E-state index in [0.29, 0.717) is 5.41 Å². The number of hydrogen-bond donors (Lipinski definition) is 1. The van der Waals surface area contributed by atoms with Gasteiger partial charge in [-0.15, -0.1) is 0 Å². The van der Waals surface area contributed by atoms with E-state index in [4.69, 9.17) is 5.26 Å². The van der Waals surface area contributed by atoms with Gasteiger partial charge in [-0.1, -0.05) is 6.07 Å². The number of rotatable bonds is 1. The van der Waals surface area contributed by atoms with Crippen LogP contribution in [0.25, 0.3) is 0 Å². The Hall–Kier alpha value is -1.53. The van der Waals surface area contributed by atoms with E-state index in [1.54, 1.807) is 0 Å². The summed E-state index contributed by atoms with van der Waals surface area (Å²) in [6.07, 6.45) is 2.60. The summed E-state index contributed by atoms with van der Waals surface area (Å²) in [5, 5.41) is 12.3. The van der Waals surface area contributed by atoms with Gasteiger partial charge in [0.05, 0.1) is 11.6 Å². The third-order valence-corrected chi connectivity index (χ3v) is 4.00. The van der Waals surface area contributed by atoms with Crippen molar-refractivity contribution in [3.63, 3.8) is 0 Å². The Kier molecular flexibility index (Phi) is 2.53. The standard InChI is InChI=1S/C14H17N3/c15-8-12-3-1-4-13(7-12)17-6-2-5-14(11-17)9-16-10-14/h1,3-4,7,16H,2,5-6,9-11H2. The van der Waals surface area contributed by atoms with Crippen LogP contribution in [-0.2, 0) is 0 Å². The molecule has 2 aliphatic heterocycles. The van der Waals surface area contributed by atoms with E-state index in [1.165, 1.54) is 18.5 Å². The van der Waals surface area contributed by atoms with Crippen LogP contribution in [0.2, 0.25) is 0 Å². The number of nitrogens with one attached hydrogen (secondary N) is 1. The largest absolute Gasteiger partial charge is 0.371 e. The lowest BCUT2D eigenvalue weighted by Gasteiger charge is -2.50. The van der Waals surface area contributed by atoms with Gasteiger partial charge >= 0.3 is 0 Å². The molecular weight excluding hydrogens is 210 g/mol. The van der Waals surface area contributed by atoms with Gasteiger partial charge in [0.1, 0.15) is 0 Å². The van der Waals surface area contributed by atoms with Crippen molar-refractivity contribution in [2.45, 2.75) is 12.8 Å². The highest BCUT2D eigenvalue weighted by molar-refractivity contribution is 5.52. The maximum atomic E-state index is 8.94. The topological polar surface area (TPSA) is 39.1 Å². The van der Waals surface area contributed by atoms with Gasteiger partial charge in [0.15, 0.2) is 0 Å². The molecule has 0 aromatic heterocycles. The molecule has 0 unspecified atom stereocenters. The summed E-state index contributed by atoms with van der Waals surface area (Å²) in [4.78, 5) is 2.44. The quantitative estimate of drug-likeness (QED) is 0.794. The van der Waals surface area contributed by atoms with Gasteiger partial charge in [0.25, 0.3) is 0 Å². The number of piperidine rings is 1. The molecule has 3 rings (SSSR count). The Bertz CT molecular complexity index is 457. The SMILES string of the molecule is N#Cc1cccc(N2CCCC3(CNC3)C2)c1. The lowest BCUT2D eigenvalue weighted by Crippen LogP contribution is -2.61. The van der Waals surface area contributed by atoms with Crippen LogP contribution in [0, 0.1) is 16.7 Å². The third kappa shape index (κ3) is 1.89. The van der Waals surface area contributed by atoms with Gasteiger partial charge in [0, 0.05) is 37.3 Å². The zero-order chi connectivity index (χ0) is 11.7. The molecule has 0 atom stereocenters. The first-order chi connectivity index (χ1) is 8.31. The first kappa shape index (κ1) is 10.6. The molecule has 1 spiro atoms. The van der Waals surface area contributed by atoms with Crippen molar-refractivity contribution in [2.24, 2.45) is 5.41 Å². The van der Waals surface area contributed by atoms with Gasteiger partial charge < -0.3 is 10.2 Å². The van der Waals surface area contributed by atoms with E-state index >= 15 is 0 Å². The highest BCUT2D eigenvalue weighted by Gasteiger charge is 2.40. The van der Waals surface area contributed by atoms with Gasteiger partial charge in [-0.05, 0) is 31.0 Å². The second-order valence-electron chi connectivity index (χ2n) is 5.29. The van der Waals surface area contributed by atoms with Gasteiger partial charge in [-0.2, -0.15) is 5.26 Å². The van der Waals surface area contributed by atoms with Crippen LogP contribution >= 0.6 is 0 Å². The minimum Gasteiger partial charge on any atom is -0.371 e. The molecular formula is C14H17N3. The molecule has 3 heteroatoms. The van der Waals surface area contributed by atoms with Crippen molar-refractivity contribution >= 4 is 5.69 Å². The van der Waals surface area contributed by atoms with Crippen LogP contribution in [-0.4, -0.2) is 26.2 Å². The van der Waals surface area contributed by atoms with E-state index in [2.05, 4.69) is 22.4 Å². The molecule has 0 bridgehead atoms. The smallest absolute Gasteiger partial charge is 0.0992 e. The zero-order valence-electron chi connectivity index (χ0n) is 9.95. The minimum absolute atomic E-state index is 0.501. The summed E-state index contributed by atoms with van der Waals surface area (Å²) in [6.45, 7) is 4.56. The molecule has 1 N–H and O–H groups in total. The average molecular weight is 227 g/mol. The van der Waals surface area contributed by atoms with Crippen LogP contribution in [0.5, 0.6) is 0 Å². The normalized spacial score (nSPS) is 21.9. The Morgan fingerprint density at radius 3 is 2.94 bits per heavy atom. The second-order valence-corrected chi connectivity index (χ2v) is 5.29. The molecule has 2 heterocycles. The van der Waals surface area contributed by atoms with E-state index in [1.807, 2.05) is 18.2 Å². The van der Waals surface area contributed by atoms with E-state index in [0.717, 1.165) is 31.7 Å². The van der Waals surface area contributed by atoms with E-state index in [-0.39, 0.29) is 0 Å². The molecule has 88 valence electrons. The number of hydrogen-bond acceptors (Lipinski definition) is 3. The van der Waals surface area contributed by atoms with E-state index < -0.39 is 0 Å². The molecule has 3 nitrogen and oxygen atoms in total. The maximum Gasteiger partial charge on any atom is 0.0992 e. The monoisotopic (exact) mass is 227 g/mol. The molecule has 0 radical (unpaired) electrons. The fourth-order valence-corrected chi connectivity index (χ4v) is 2.97. The molecule has 0 aliphatic carbocycles. The summed E-state index contributed by atoms with van der Waals surface area (Å²) in [5.41, 5.74) is 2.46. The fraction of sp³-hybridized carbons (Fsp3) is 0.500. The van der Waals surface area contributed by atoms with E-state index in [9.17, 15) is 0 Å². The lowest BCUT2D eigenvalue weighted by molar-refractivity contribution is 0.138. The van der Waals surface area contributed by atoms with Crippen LogP contribution in [0.1, 0.15) is 18.4 Å². The third-order valence-electron chi connectivity index (χ3n) is 4.00. The van der Waals surface area contributed by atoms with Crippen LogP contribution in [0.4, 0.5) is 5.69 Å². The van der Waals surface area contributed by atoms with Crippen molar-refractivity contribution in [2.75, 3.05) is 31.1 Å². The predicted octanol–water partition coefficient (Wildman–Crippen LogP) is 1.75. The van der Waals surface area contributed by atoms with Gasteiger partial charge in [-0.25, -0.2) is 0 Å². The molecule has 2 saturated heterocycles. The predicted molar refractivity (Wildman–Crippen MR) is 67.9 cm³/mol. The van der Waals surface area contributed by atoms with Gasteiger partial charge in [-0.3, -0.25) is 0 Å². The Labute approximate surface area is 102 Å². The van der Waals surface area contributed by atoms with Crippen LogP contribution < -0.4 is 10.2 Å². The summed E-state index contributed by atoms with van der Waals surface area (Å²) in [6, 6.07) is 10.2. The van der Waals surface area contributed by atoms with Crippen molar-refractivity contribution in [3.8, 4) is 6.07 Å². The zero-order valence-corrected chi connectivity index (χ0v) is 9.95. The molecule has 1 aromatic carbocycles. The van der Waals surface area contributed by atoms with Crippen LogP contribution in [0.3, 0.4) is 0 Å². The number of benzene rings is 1. The summed E-state index contributed by atoms with van der Waals surface area (Å²) < 4.78 is 0. The second kappa shape index (κ2) is 4.05. The molecule has 17 heavy (non-hydrogen) atoms. The van der Waals surface area contributed by atoms with Gasteiger partial charge in [0.2, 0.25) is 0 Å². The van der Waals surface area contributed by atoms with Crippen molar-refractivity contribution < 1.29 is 0 Å². The number of nitriles is 1. The lowest BCUT2D eigenvalue weighted by atomic mass is 9.75. The first-order valence-electron chi connectivity index (χ1n) is 6.27. The van der Waals surface area contributed by atoms with Crippen molar-refractivity contribution in [1.29, 1.82) is 5.26 Å². The summed E-state index contributed by atoms with van der Waals surface area (Å²) >= 11 is 0. The maximum absolute atomic E-state index is 8.94. The minimum atomic E-state index is 0.501. The summed E-state index contributed by atoms with van der Waals surface area (Å²) in [5.74, 6) is 0. The highest BCUT2D eigenvalue weighted by atomic mass is 15.2. The highest BCUT2D eigenvalue weighted by Crippen LogP contribution is 2.35. The number of nitrogens with zero attached hydrogens (tertiary/aromatic N) is 2. The molecule has 1 aromatic rings. The summed E-state index contributed by atoms with van der Waals surface area (Å²) in [7, 11) is 0. The fourth-order valence-electron chi connectivity index (χ4n) is 2.97. The Morgan fingerprint density at radius 2 is 2.24 bits per heavy atom. The van der Waals surface area contributed by atoms with Crippen molar-refractivity contribution in [3.05, 3.63) is 29.8 Å². The molecule has 0 saturated carbocycles. The molecule has 2 aliphatic rings. The number of anilines is 1. The Morgan fingerprint density at radius 1 is 1.35 bits per heavy atom. The first-order valence-corrected chi connectivity index (χ1v) is 6.27. The van der Waals surface area contributed by atoms with Crippen LogP contribution in [0.15, 0.2) is 24.3 Å².